The quantitative estimate of drug-likeness (QED) is 0.831. The molecule has 1 aliphatic rings. The van der Waals surface area contributed by atoms with E-state index in [-0.39, 0.29) is 25.4 Å². The zero-order chi connectivity index (χ0) is 14.0. The smallest absolute Gasteiger partial charge is 0.404 e. The van der Waals surface area contributed by atoms with Crippen LogP contribution >= 0.6 is 15.9 Å². The fourth-order valence-electron chi connectivity index (χ4n) is 1.69. The van der Waals surface area contributed by atoms with Gasteiger partial charge in [-0.25, -0.2) is 0 Å². The van der Waals surface area contributed by atoms with E-state index in [9.17, 15) is 18.0 Å². The number of anilines is 1. The molecule has 1 fully saturated rings. The number of hydrogen-bond donors (Lipinski definition) is 0. The topological polar surface area (TPSA) is 38.8 Å². The largest absolute Gasteiger partial charge is 0.573 e. The van der Waals surface area contributed by atoms with Crippen LogP contribution in [0.25, 0.3) is 0 Å². The number of halogens is 4. The summed E-state index contributed by atoms with van der Waals surface area (Å²) in [5.74, 6) is -0.822. The second-order valence-corrected chi connectivity index (χ2v) is 4.67. The van der Waals surface area contributed by atoms with Crippen molar-refractivity contribution >= 4 is 27.5 Å². The van der Waals surface area contributed by atoms with Crippen LogP contribution < -0.4 is 9.64 Å². The Morgan fingerprint density at radius 1 is 1.37 bits per heavy atom. The van der Waals surface area contributed by atoms with Gasteiger partial charge in [0.1, 0.15) is 6.61 Å². The minimum Gasteiger partial charge on any atom is -0.404 e. The second kappa shape index (κ2) is 5.38. The van der Waals surface area contributed by atoms with E-state index in [1.807, 2.05) is 0 Å². The Hall–Kier alpha value is -1.28. The summed E-state index contributed by atoms with van der Waals surface area (Å²) in [6.07, 6.45) is -4.81. The van der Waals surface area contributed by atoms with Gasteiger partial charge in [0.2, 0.25) is 0 Å². The molecule has 0 N–H and O–H groups in total. The lowest BCUT2D eigenvalue weighted by atomic mass is 10.2. The summed E-state index contributed by atoms with van der Waals surface area (Å²) < 4.78 is 46.4. The van der Waals surface area contributed by atoms with Gasteiger partial charge in [0.05, 0.1) is 12.3 Å². The summed E-state index contributed by atoms with van der Waals surface area (Å²) in [6, 6.07) is 4.11. The van der Waals surface area contributed by atoms with E-state index in [0.29, 0.717) is 4.47 Å². The van der Waals surface area contributed by atoms with Crippen molar-refractivity contribution in [2.45, 2.75) is 6.36 Å². The Morgan fingerprint density at radius 3 is 2.74 bits per heavy atom. The molecular weight excluding hydrogens is 331 g/mol. The molecule has 104 valence electrons. The molecule has 2 rings (SSSR count). The van der Waals surface area contributed by atoms with Crippen molar-refractivity contribution in [3.05, 3.63) is 22.7 Å². The second-order valence-electron chi connectivity index (χ2n) is 3.76. The highest BCUT2D eigenvalue weighted by atomic mass is 79.9. The first-order valence-corrected chi connectivity index (χ1v) is 6.09. The Labute approximate surface area is 115 Å². The van der Waals surface area contributed by atoms with E-state index in [0.717, 1.165) is 0 Å². The molecule has 1 aromatic rings. The monoisotopic (exact) mass is 339 g/mol. The van der Waals surface area contributed by atoms with Crippen LogP contribution in [0.5, 0.6) is 5.75 Å². The van der Waals surface area contributed by atoms with Crippen LogP contribution in [0.2, 0.25) is 0 Å². The van der Waals surface area contributed by atoms with Crippen molar-refractivity contribution in [3.8, 4) is 5.75 Å². The van der Waals surface area contributed by atoms with Gasteiger partial charge in [-0.15, -0.1) is 13.2 Å². The Bertz CT molecular complexity index is 493. The number of nitrogens with zero attached hydrogens (tertiary/aromatic N) is 1. The molecule has 8 heteroatoms. The molecule has 1 aromatic carbocycles. The molecule has 4 nitrogen and oxygen atoms in total. The Balaban J connectivity index is 2.35. The number of morpholine rings is 1. The van der Waals surface area contributed by atoms with Gasteiger partial charge in [0, 0.05) is 11.0 Å². The van der Waals surface area contributed by atoms with Crippen LogP contribution in [0, 0.1) is 0 Å². The Morgan fingerprint density at radius 2 is 2.11 bits per heavy atom. The maximum atomic E-state index is 12.4. The maximum absolute atomic E-state index is 12.4. The highest BCUT2D eigenvalue weighted by Gasteiger charge is 2.34. The number of ether oxygens (including phenoxy) is 2. The van der Waals surface area contributed by atoms with Crippen LogP contribution in [0.15, 0.2) is 22.7 Å². The lowest BCUT2D eigenvalue weighted by molar-refractivity contribution is -0.274. The molecule has 1 aliphatic heterocycles. The van der Waals surface area contributed by atoms with Crippen LogP contribution in [0.1, 0.15) is 0 Å². The van der Waals surface area contributed by atoms with Gasteiger partial charge in [-0.2, -0.15) is 0 Å². The Kier molecular flexibility index (Phi) is 4.00. The number of hydrogen-bond acceptors (Lipinski definition) is 3. The average molecular weight is 340 g/mol. The van der Waals surface area contributed by atoms with Crippen molar-refractivity contribution in [2.24, 2.45) is 0 Å². The van der Waals surface area contributed by atoms with E-state index < -0.39 is 18.0 Å². The first-order valence-electron chi connectivity index (χ1n) is 5.30. The van der Waals surface area contributed by atoms with E-state index in [4.69, 9.17) is 4.74 Å². The summed E-state index contributed by atoms with van der Waals surface area (Å²) >= 11 is 3.07. The molecule has 19 heavy (non-hydrogen) atoms. The molecule has 1 amide bonds. The molecule has 0 radical (unpaired) electrons. The fraction of sp³-hybridized carbons (Fsp3) is 0.364. The van der Waals surface area contributed by atoms with Gasteiger partial charge in [-0.1, -0.05) is 15.9 Å². The SMILES string of the molecule is O=C1COCCN1c1ccc(Br)cc1OC(F)(F)F. The van der Waals surface area contributed by atoms with Gasteiger partial charge in [0.25, 0.3) is 5.91 Å². The predicted molar refractivity (Wildman–Crippen MR) is 64.0 cm³/mol. The van der Waals surface area contributed by atoms with Crippen molar-refractivity contribution < 1.29 is 27.4 Å². The molecule has 0 aromatic heterocycles. The number of benzene rings is 1. The van der Waals surface area contributed by atoms with Crippen molar-refractivity contribution in [2.75, 3.05) is 24.7 Å². The van der Waals surface area contributed by atoms with Crippen molar-refractivity contribution in [1.82, 2.24) is 0 Å². The number of carbonyl (C=O) groups excluding carboxylic acids is 1. The zero-order valence-corrected chi connectivity index (χ0v) is 11.1. The standard InChI is InChI=1S/C11H9BrF3NO3/c12-7-1-2-8(9(5-7)19-11(13,14)15)16-3-4-18-6-10(16)17/h1-2,5H,3-4,6H2. The molecule has 0 atom stereocenters. The van der Waals surface area contributed by atoms with E-state index >= 15 is 0 Å². The molecule has 0 bridgehead atoms. The van der Waals surface area contributed by atoms with E-state index in [2.05, 4.69) is 20.7 Å². The first kappa shape index (κ1) is 14.1. The lowest BCUT2D eigenvalue weighted by Crippen LogP contribution is -2.42. The number of carbonyl (C=O) groups is 1. The third-order valence-electron chi connectivity index (χ3n) is 2.42. The number of alkyl halides is 3. The van der Waals surface area contributed by atoms with Gasteiger partial charge in [-0.3, -0.25) is 4.79 Å². The van der Waals surface area contributed by atoms with Gasteiger partial charge in [-0.05, 0) is 18.2 Å². The normalized spacial score (nSPS) is 16.6. The van der Waals surface area contributed by atoms with Gasteiger partial charge in [0.15, 0.2) is 5.75 Å². The summed E-state index contributed by atoms with van der Waals surface area (Å²) in [7, 11) is 0. The molecular formula is C11H9BrF3NO3. The molecule has 0 spiro atoms. The molecule has 1 saturated heterocycles. The first-order chi connectivity index (χ1) is 8.87. The fourth-order valence-corrected chi connectivity index (χ4v) is 2.03. The summed E-state index contributed by atoms with van der Waals surface area (Å²) in [5, 5.41) is 0. The van der Waals surface area contributed by atoms with Crippen LogP contribution in [-0.2, 0) is 9.53 Å². The van der Waals surface area contributed by atoms with E-state index in [1.165, 1.54) is 17.0 Å². The lowest BCUT2D eigenvalue weighted by Gasteiger charge is -2.28. The molecule has 0 saturated carbocycles. The predicted octanol–water partition coefficient (Wildman–Crippen LogP) is 2.71. The third kappa shape index (κ3) is 3.60. The molecule has 0 aliphatic carbocycles. The zero-order valence-electron chi connectivity index (χ0n) is 9.54. The maximum Gasteiger partial charge on any atom is 0.573 e. The molecule has 0 unspecified atom stereocenters. The van der Waals surface area contributed by atoms with Crippen LogP contribution in [0.4, 0.5) is 18.9 Å². The number of rotatable bonds is 2. The summed E-state index contributed by atoms with van der Waals surface area (Å²) in [4.78, 5) is 12.9. The highest BCUT2D eigenvalue weighted by Crippen LogP contribution is 2.35. The van der Waals surface area contributed by atoms with Gasteiger partial charge >= 0.3 is 6.36 Å². The van der Waals surface area contributed by atoms with Crippen LogP contribution in [0.3, 0.4) is 0 Å². The minimum atomic E-state index is -4.81. The van der Waals surface area contributed by atoms with Crippen molar-refractivity contribution in [1.29, 1.82) is 0 Å². The minimum absolute atomic E-state index is 0.0776. The summed E-state index contributed by atoms with van der Waals surface area (Å²) in [5.41, 5.74) is 0.0776. The summed E-state index contributed by atoms with van der Waals surface area (Å²) in [6.45, 7) is 0.309. The van der Waals surface area contributed by atoms with E-state index in [1.54, 1.807) is 6.07 Å². The van der Waals surface area contributed by atoms with Crippen molar-refractivity contribution in [3.63, 3.8) is 0 Å². The molecule has 1 heterocycles. The highest BCUT2D eigenvalue weighted by molar-refractivity contribution is 9.10. The number of amides is 1. The average Bonchev–Trinajstić information content (AvgIpc) is 2.28. The third-order valence-corrected chi connectivity index (χ3v) is 2.92. The van der Waals surface area contributed by atoms with Crippen LogP contribution in [-0.4, -0.2) is 32.0 Å². The van der Waals surface area contributed by atoms with Gasteiger partial charge < -0.3 is 14.4 Å².